The fraction of sp³-hybridized carbons (Fsp3) is 0.455. The Balaban J connectivity index is 3.64. The Morgan fingerprint density at radius 1 is 1.00 bits per heavy atom. The van der Waals surface area contributed by atoms with E-state index in [9.17, 15) is 26.3 Å². The van der Waals surface area contributed by atoms with Gasteiger partial charge >= 0.3 is 12.4 Å². The van der Waals surface area contributed by atoms with Gasteiger partial charge in [0, 0.05) is 5.33 Å². The molecule has 1 aromatic rings. The Hall–Kier alpha value is -0.720. The van der Waals surface area contributed by atoms with Crippen LogP contribution in [-0.4, -0.2) is 0 Å². The molecule has 0 unspecified atom stereocenters. The first-order chi connectivity index (χ1) is 8.11. The normalized spacial score (nSPS) is 12.9. The van der Waals surface area contributed by atoms with Gasteiger partial charge in [0.1, 0.15) is 0 Å². The minimum Gasteiger partial charge on any atom is -0.166 e. The molecule has 102 valence electrons. The topological polar surface area (TPSA) is 0 Å². The largest absolute Gasteiger partial charge is 0.417 e. The fourth-order valence-electron chi connectivity index (χ4n) is 1.68. The van der Waals surface area contributed by atoms with Gasteiger partial charge in [-0.1, -0.05) is 28.9 Å². The number of rotatable bonds is 2. The van der Waals surface area contributed by atoms with E-state index in [1.54, 1.807) is 0 Å². The molecular formula is C11H9BrF6. The summed E-state index contributed by atoms with van der Waals surface area (Å²) < 4.78 is 76.3. The van der Waals surface area contributed by atoms with Gasteiger partial charge in [-0.15, -0.1) is 0 Å². The maximum atomic E-state index is 12.8. The Morgan fingerprint density at radius 3 is 1.89 bits per heavy atom. The molecule has 0 aromatic heterocycles. The Kier molecular flexibility index (Phi) is 4.35. The monoisotopic (exact) mass is 334 g/mol. The van der Waals surface area contributed by atoms with E-state index in [0.29, 0.717) is 6.07 Å². The lowest BCUT2D eigenvalue weighted by Gasteiger charge is -2.20. The summed E-state index contributed by atoms with van der Waals surface area (Å²) in [7, 11) is 0. The van der Waals surface area contributed by atoms with Crippen molar-refractivity contribution in [3.63, 3.8) is 0 Å². The van der Waals surface area contributed by atoms with E-state index >= 15 is 0 Å². The quantitative estimate of drug-likeness (QED) is 0.516. The van der Waals surface area contributed by atoms with Crippen LogP contribution in [0, 0.1) is 0 Å². The fourth-order valence-corrected chi connectivity index (χ4v) is 2.01. The van der Waals surface area contributed by atoms with Crippen molar-refractivity contribution in [1.82, 2.24) is 0 Å². The van der Waals surface area contributed by atoms with Gasteiger partial charge in [0.2, 0.25) is 0 Å². The first-order valence-electron chi connectivity index (χ1n) is 4.97. The second kappa shape index (κ2) is 5.11. The van der Waals surface area contributed by atoms with Crippen molar-refractivity contribution in [2.24, 2.45) is 0 Å². The molecule has 0 saturated carbocycles. The second-order valence-electron chi connectivity index (χ2n) is 3.66. The van der Waals surface area contributed by atoms with Crippen LogP contribution in [-0.2, 0) is 24.1 Å². The van der Waals surface area contributed by atoms with Gasteiger partial charge in [0.25, 0.3) is 0 Å². The highest BCUT2D eigenvalue weighted by Crippen LogP contribution is 2.43. The number of halogens is 7. The summed E-state index contributed by atoms with van der Waals surface area (Å²) in [5, 5.41) is 0.0707. The van der Waals surface area contributed by atoms with Gasteiger partial charge in [-0.25, -0.2) is 0 Å². The predicted octanol–water partition coefficient (Wildman–Crippen LogP) is 5.18. The molecule has 7 heteroatoms. The molecule has 0 N–H and O–H groups in total. The van der Waals surface area contributed by atoms with Crippen molar-refractivity contribution >= 4 is 15.9 Å². The van der Waals surface area contributed by atoms with E-state index < -0.39 is 23.5 Å². The number of aryl methyl sites for hydroxylation is 1. The first kappa shape index (κ1) is 15.3. The van der Waals surface area contributed by atoms with Gasteiger partial charge < -0.3 is 0 Å². The number of benzene rings is 1. The smallest absolute Gasteiger partial charge is 0.166 e. The third-order valence-corrected chi connectivity index (χ3v) is 3.05. The zero-order chi connectivity index (χ0) is 14.1. The SMILES string of the molecule is CCc1cc(CBr)cc(C(F)(F)F)c1C(F)(F)F. The van der Waals surface area contributed by atoms with Gasteiger partial charge in [0.15, 0.2) is 0 Å². The Bertz CT molecular complexity index is 432. The molecule has 0 aliphatic heterocycles. The third-order valence-electron chi connectivity index (χ3n) is 2.40. The summed E-state index contributed by atoms with van der Waals surface area (Å²) >= 11 is 2.95. The number of hydrogen-bond donors (Lipinski definition) is 0. The van der Waals surface area contributed by atoms with Crippen LogP contribution in [0.1, 0.15) is 29.2 Å². The van der Waals surface area contributed by atoms with E-state index in [-0.39, 0.29) is 22.9 Å². The average Bonchev–Trinajstić information content (AvgIpc) is 2.24. The van der Waals surface area contributed by atoms with Gasteiger partial charge in [-0.2, -0.15) is 26.3 Å². The first-order valence-corrected chi connectivity index (χ1v) is 6.09. The van der Waals surface area contributed by atoms with Crippen molar-refractivity contribution in [3.8, 4) is 0 Å². The highest BCUT2D eigenvalue weighted by atomic mass is 79.9. The van der Waals surface area contributed by atoms with E-state index in [1.165, 1.54) is 6.92 Å². The molecule has 0 spiro atoms. The van der Waals surface area contributed by atoms with Gasteiger partial charge in [-0.3, -0.25) is 0 Å². The summed E-state index contributed by atoms with van der Waals surface area (Å²) in [6.07, 6.45) is -10.1. The van der Waals surface area contributed by atoms with Crippen LogP contribution in [0.5, 0.6) is 0 Å². The maximum Gasteiger partial charge on any atom is 0.417 e. The molecule has 0 nitrogen and oxygen atoms in total. The van der Waals surface area contributed by atoms with Crippen LogP contribution < -0.4 is 0 Å². The van der Waals surface area contributed by atoms with Crippen LogP contribution >= 0.6 is 15.9 Å². The Morgan fingerprint density at radius 2 is 1.56 bits per heavy atom. The minimum absolute atomic E-state index is 0.0707. The highest BCUT2D eigenvalue weighted by Gasteiger charge is 2.44. The molecule has 0 amide bonds. The van der Waals surface area contributed by atoms with Crippen LogP contribution in [0.25, 0.3) is 0 Å². The number of alkyl halides is 7. The molecule has 18 heavy (non-hydrogen) atoms. The molecule has 1 rings (SSSR count). The molecule has 0 aliphatic rings. The summed E-state index contributed by atoms with van der Waals surface area (Å²) in [5.74, 6) is 0. The predicted molar refractivity (Wildman–Crippen MR) is 58.5 cm³/mol. The zero-order valence-electron chi connectivity index (χ0n) is 9.21. The summed E-state index contributed by atoms with van der Waals surface area (Å²) in [6.45, 7) is 1.39. The average molecular weight is 335 g/mol. The molecular weight excluding hydrogens is 326 g/mol. The van der Waals surface area contributed by atoms with Crippen molar-refractivity contribution < 1.29 is 26.3 Å². The summed E-state index contributed by atoms with van der Waals surface area (Å²) in [6, 6.07) is 1.68. The van der Waals surface area contributed by atoms with Crippen LogP contribution in [0.4, 0.5) is 26.3 Å². The number of hydrogen-bond acceptors (Lipinski definition) is 0. The van der Waals surface area contributed by atoms with Crippen molar-refractivity contribution in [3.05, 3.63) is 34.4 Å². The minimum atomic E-state index is -5.02. The lowest BCUT2D eigenvalue weighted by molar-refractivity contribution is -0.162. The van der Waals surface area contributed by atoms with E-state index in [1.807, 2.05) is 0 Å². The molecule has 0 bridgehead atoms. The van der Waals surface area contributed by atoms with Crippen molar-refractivity contribution in [2.75, 3.05) is 0 Å². The van der Waals surface area contributed by atoms with Crippen molar-refractivity contribution in [2.45, 2.75) is 31.0 Å². The second-order valence-corrected chi connectivity index (χ2v) is 4.22. The molecule has 0 radical (unpaired) electrons. The van der Waals surface area contributed by atoms with Crippen LogP contribution in [0.3, 0.4) is 0 Å². The standard InChI is InChI=1S/C11H9BrF6/c1-2-7-3-6(5-12)4-8(10(13,14)15)9(7)11(16,17)18/h3-4H,2,5H2,1H3. The molecule has 0 atom stereocenters. The highest BCUT2D eigenvalue weighted by molar-refractivity contribution is 9.08. The molecule has 0 aliphatic carbocycles. The molecule has 0 saturated heterocycles. The zero-order valence-corrected chi connectivity index (χ0v) is 10.8. The van der Waals surface area contributed by atoms with Gasteiger partial charge in [-0.05, 0) is 23.6 Å². The Labute approximate surface area is 108 Å². The van der Waals surface area contributed by atoms with Gasteiger partial charge in [0.05, 0.1) is 11.1 Å². The molecule has 1 aromatic carbocycles. The molecule has 0 fully saturated rings. The third kappa shape index (κ3) is 3.18. The van der Waals surface area contributed by atoms with E-state index in [4.69, 9.17) is 0 Å². The van der Waals surface area contributed by atoms with E-state index in [0.717, 1.165) is 6.07 Å². The lowest BCUT2D eigenvalue weighted by Crippen LogP contribution is -2.19. The maximum absolute atomic E-state index is 12.8. The van der Waals surface area contributed by atoms with Crippen LogP contribution in [0.15, 0.2) is 12.1 Å². The molecule has 0 heterocycles. The van der Waals surface area contributed by atoms with E-state index in [2.05, 4.69) is 15.9 Å². The summed E-state index contributed by atoms with van der Waals surface area (Å²) in [4.78, 5) is 0. The lowest BCUT2D eigenvalue weighted by atomic mass is 9.95. The summed E-state index contributed by atoms with van der Waals surface area (Å²) in [5.41, 5.74) is -3.37. The van der Waals surface area contributed by atoms with Crippen LogP contribution in [0.2, 0.25) is 0 Å². The van der Waals surface area contributed by atoms with Crippen molar-refractivity contribution in [1.29, 1.82) is 0 Å².